The number of nitrogens with zero attached hydrogens (tertiary/aromatic N) is 2. The standard InChI is InChI=1S/C49H32N2S/c1-4-16-33(17-5-1)50(34-18-6-2-7-19-34)36-28-29-39-40-31-44-48(32-46(40)51(45(39)30-36)35-20-8-3-9-21-35)52-47-27-15-14-26-43(47)49(44)41-24-12-10-22-37(41)38-23-11-13-25-42(38)49/h1-32H. The molecule has 2 aliphatic rings. The van der Waals surface area contributed by atoms with E-state index in [1.807, 2.05) is 11.8 Å². The number of aromatic nitrogens is 1. The van der Waals surface area contributed by atoms with Crippen LogP contribution in [-0.4, -0.2) is 4.57 Å². The molecule has 11 rings (SSSR count). The van der Waals surface area contributed by atoms with E-state index in [1.54, 1.807) is 0 Å². The molecule has 0 bridgehead atoms. The van der Waals surface area contributed by atoms with Crippen LogP contribution in [0.25, 0.3) is 38.6 Å². The van der Waals surface area contributed by atoms with Gasteiger partial charge in [0.25, 0.3) is 0 Å². The van der Waals surface area contributed by atoms with Crippen LogP contribution in [0.15, 0.2) is 204 Å². The molecule has 0 saturated heterocycles. The molecule has 3 heteroatoms. The molecule has 0 radical (unpaired) electrons. The van der Waals surface area contributed by atoms with Crippen molar-refractivity contribution in [3.05, 3.63) is 216 Å². The predicted octanol–water partition coefficient (Wildman–Crippen LogP) is 13.1. The maximum atomic E-state index is 2.53. The second kappa shape index (κ2) is 11.4. The summed E-state index contributed by atoms with van der Waals surface area (Å²) < 4.78 is 2.47. The minimum absolute atomic E-state index is 0.420. The maximum absolute atomic E-state index is 2.53. The molecule has 0 N–H and O–H groups in total. The van der Waals surface area contributed by atoms with Gasteiger partial charge in [-0.05, 0) is 100 Å². The highest BCUT2D eigenvalue weighted by molar-refractivity contribution is 7.99. The first-order valence-electron chi connectivity index (χ1n) is 17.9. The van der Waals surface area contributed by atoms with Crippen molar-refractivity contribution in [3.8, 4) is 16.8 Å². The molecule has 0 unspecified atom stereocenters. The molecule has 8 aromatic carbocycles. The van der Waals surface area contributed by atoms with Gasteiger partial charge >= 0.3 is 0 Å². The molecule has 0 atom stereocenters. The first-order valence-corrected chi connectivity index (χ1v) is 18.7. The zero-order valence-corrected chi connectivity index (χ0v) is 29.1. The van der Waals surface area contributed by atoms with Gasteiger partial charge in [0.2, 0.25) is 0 Å². The Bertz CT molecular complexity index is 2740. The molecule has 0 fully saturated rings. The largest absolute Gasteiger partial charge is 0.310 e. The minimum atomic E-state index is -0.420. The third-order valence-electron chi connectivity index (χ3n) is 11.0. The normalized spacial score (nSPS) is 13.5. The number of benzene rings is 8. The number of anilines is 3. The summed E-state index contributed by atoms with van der Waals surface area (Å²) in [6.07, 6.45) is 0. The first-order chi connectivity index (χ1) is 25.8. The van der Waals surface area contributed by atoms with Crippen LogP contribution in [0.3, 0.4) is 0 Å². The summed E-state index contributed by atoms with van der Waals surface area (Å²) in [5.41, 5.74) is 14.6. The van der Waals surface area contributed by atoms with Crippen molar-refractivity contribution < 1.29 is 0 Å². The summed E-state index contributed by atoms with van der Waals surface area (Å²) in [5.74, 6) is 0. The second-order valence-corrected chi connectivity index (χ2v) is 14.8. The highest BCUT2D eigenvalue weighted by Crippen LogP contribution is 2.62. The lowest BCUT2D eigenvalue weighted by Crippen LogP contribution is -2.31. The van der Waals surface area contributed by atoms with Gasteiger partial charge in [0.05, 0.1) is 16.4 Å². The zero-order valence-electron chi connectivity index (χ0n) is 28.3. The molecule has 0 saturated carbocycles. The van der Waals surface area contributed by atoms with E-state index in [0.717, 1.165) is 22.7 Å². The van der Waals surface area contributed by atoms with Gasteiger partial charge < -0.3 is 9.47 Å². The molecule has 9 aromatic rings. The van der Waals surface area contributed by atoms with Gasteiger partial charge in [0, 0.05) is 43.3 Å². The van der Waals surface area contributed by atoms with Gasteiger partial charge in [-0.15, -0.1) is 0 Å². The SMILES string of the molecule is c1ccc(N(c2ccccc2)c2ccc3c4cc5c(cc4n(-c4ccccc4)c3c2)Sc2ccccc2C52c3ccccc3-c3ccccc32)cc1. The van der Waals surface area contributed by atoms with E-state index >= 15 is 0 Å². The predicted molar refractivity (Wildman–Crippen MR) is 217 cm³/mol. The van der Waals surface area contributed by atoms with E-state index in [1.165, 1.54) is 65.0 Å². The molecule has 2 nitrogen and oxygen atoms in total. The molecule has 52 heavy (non-hydrogen) atoms. The second-order valence-electron chi connectivity index (χ2n) is 13.7. The molecule has 1 aliphatic heterocycles. The summed E-state index contributed by atoms with van der Waals surface area (Å²) in [6, 6.07) is 71.3. The molecule has 1 spiro atoms. The molecule has 244 valence electrons. The number of hydrogen-bond donors (Lipinski definition) is 0. The summed E-state index contributed by atoms with van der Waals surface area (Å²) >= 11 is 1.90. The molecule has 1 aliphatic carbocycles. The fraction of sp³-hybridized carbons (Fsp3) is 0.0204. The number of para-hydroxylation sites is 3. The lowest BCUT2D eigenvalue weighted by molar-refractivity contribution is 0.724. The third-order valence-corrected chi connectivity index (χ3v) is 12.2. The van der Waals surface area contributed by atoms with E-state index in [2.05, 4.69) is 204 Å². The molecule has 0 amide bonds. The average molecular weight is 681 g/mol. The van der Waals surface area contributed by atoms with Crippen molar-refractivity contribution in [1.82, 2.24) is 4.57 Å². The summed E-state index contributed by atoms with van der Waals surface area (Å²) in [5, 5.41) is 2.50. The number of rotatable bonds is 4. The highest BCUT2D eigenvalue weighted by atomic mass is 32.2. The molecule has 2 heterocycles. The van der Waals surface area contributed by atoms with Gasteiger partial charge in [-0.3, -0.25) is 0 Å². The maximum Gasteiger partial charge on any atom is 0.0735 e. The van der Waals surface area contributed by atoms with Crippen LogP contribution < -0.4 is 4.90 Å². The zero-order chi connectivity index (χ0) is 34.2. The van der Waals surface area contributed by atoms with Crippen LogP contribution in [0.1, 0.15) is 22.3 Å². The van der Waals surface area contributed by atoms with Crippen LogP contribution in [-0.2, 0) is 5.41 Å². The van der Waals surface area contributed by atoms with Crippen LogP contribution in [0.5, 0.6) is 0 Å². The first kappa shape index (κ1) is 29.4. The van der Waals surface area contributed by atoms with E-state index in [4.69, 9.17) is 0 Å². The molecule has 1 aromatic heterocycles. The van der Waals surface area contributed by atoms with E-state index in [0.29, 0.717) is 0 Å². The number of hydrogen-bond acceptors (Lipinski definition) is 2. The fourth-order valence-corrected chi connectivity index (χ4v) is 10.2. The lowest BCUT2D eigenvalue weighted by atomic mass is 9.67. The van der Waals surface area contributed by atoms with E-state index in [9.17, 15) is 0 Å². The van der Waals surface area contributed by atoms with Crippen molar-refractivity contribution in [3.63, 3.8) is 0 Å². The van der Waals surface area contributed by atoms with Crippen molar-refractivity contribution in [2.75, 3.05) is 4.90 Å². The molecular formula is C49H32N2S. The fourth-order valence-electron chi connectivity index (χ4n) is 8.95. The van der Waals surface area contributed by atoms with Gasteiger partial charge in [0.1, 0.15) is 0 Å². The highest BCUT2D eigenvalue weighted by Gasteiger charge is 2.50. The van der Waals surface area contributed by atoms with Crippen molar-refractivity contribution in [1.29, 1.82) is 0 Å². The van der Waals surface area contributed by atoms with Crippen LogP contribution in [0, 0.1) is 0 Å². The van der Waals surface area contributed by atoms with Crippen LogP contribution >= 0.6 is 11.8 Å². The Morgan fingerprint density at radius 3 is 1.58 bits per heavy atom. The van der Waals surface area contributed by atoms with E-state index in [-0.39, 0.29) is 0 Å². The Kier molecular flexibility index (Phi) is 6.43. The number of fused-ring (bicyclic) bond motifs is 12. The van der Waals surface area contributed by atoms with Crippen molar-refractivity contribution >= 4 is 50.6 Å². The van der Waals surface area contributed by atoms with Gasteiger partial charge in [-0.1, -0.05) is 139 Å². The Morgan fingerprint density at radius 1 is 0.385 bits per heavy atom. The van der Waals surface area contributed by atoms with Crippen LogP contribution in [0.2, 0.25) is 0 Å². The summed E-state index contributed by atoms with van der Waals surface area (Å²) in [4.78, 5) is 4.96. The summed E-state index contributed by atoms with van der Waals surface area (Å²) in [6.45, 7) is 0. The Morgan fingerprint density at radius 2 is 0.923 bits per heavy atom. The van der Waals surface area contributed by atoms with E-state index < -0.39 is 5.41 Å². The van der Waals surface area contributed by atoms with Gasteiger partial charge in [-0.25, -0.2) is 0 Å². The topological polar surface area (TPSA) is 8.17 Å². The Labute approximate surface area is 307 Å². The van der Waals surface area contributed by atoms with Gasteiger partial charge in [-0.2, -0.15) is 0 Å². The molecular weight excluding hydrogens is 649 g/mol. The Balaban J connectivity index is 1.24. The average Bonchev–Trinajstić information content (AvgIpc) is 3.68. The van der Waals surface area contributed by atoms with Gasteiger partial charge in [0.15, 0.2) is 0 Å². The van der Waals surface area contributed by atoms with Crippen molar-refractivity contribution in [2.45, 2.75) is 15.2 Å². The lowest BCUT2D eigenvalue weighted by Gasteiger charge is -2.39. The summed E-state index contributed by atoms with van der Waals surface area (Å²) in [7, 11) is 0. The Hall–Kier alpha value is -6.29. The quantitative estimate of drug-likeness (QED) is 0.183. The third kappa shape index (κ3) is 4.08. The minimum Gasteiger partial charge on any atom is -0.310 e. The monoisotopic (exact) mass is 680 g/mol. The smallest absolute Gasteiger partial charge is 0.0735 e. The van der Waals surface area contributed by atoms with Crippen molar-refractivity contribution in [2.24, 2.45) is 0 Å². The van der Waals surface area contributed by atoms with Crippen LogP contribution in [0.4, 0.5) is 17.1 Å².